The summed E-state index contributed by atoms with van der Waals surface area (Å²) in [7, 11) is 0. The highest BCUT2D eigenvalue weighted by molar-refractivity contribution is 6.27. The average Bonchev–Trinajstić information content (AvgIpc) is 2.78. The first-order valence-electron chi connectivity index (χ1n) is 9.83. The zero-order valence-electron chi connectivity index (χ0n) is 16.4. The molecule has 1 aromatic heterocycles. The van der Waals surface area contributed by atoms with Crippen LogP contribution in [-0.4, -0.2) is 54.0 Å². The number of fused-ring (bicyclic) bond motifs is 1. The molecule has 1 aromatic carbocycles. The molecule has 2 aliphatic rings. The molecule has 1 saturated heterocycles. The van der Waals surface area contributed by atoms with Crippen LogP contribution in [0.15, 0.2) is 30.3 Å². The average molecular weight is 411 g/mol. The number of amides is 1. The number of nitriles is 1. The second-order valence-electron chi connectivity index (χ2n) is 7.41. The minimum absolute atomic E-state index is 0.00267. The molecule has 3 heterocycles. The molecule has 1 fully saturated rings. The largest absolute Gasteiger partial charge is 0.376 e. The molecule has 1 unspecified atom stereocenters. The van der Waals surface area contributed by atoms with Gasteiger partial charge in [-0.3, -0.25) is 4.79 Å². The first kappa shape index (κ1) is 19.7. The SMILES string of the molecule is CC1CN(c2nc(-c3ccccc3)c3c(c2C#N)CCOC3)CCN1C(=O)CCl. The zero-order chi connectivity index (χ0) is 20.4. The Morgan fingerprint density at radius 1 is 1.31 bits per heavy atom. The lowest BCUT2D eigenvalue weighted by Crippen LogP contribution is -2.54. The molecule has 2 aromatic rings. The van der Waals surface area contributed by atoms with Crippen LogP contribution in [0.25, 0.3) is 11.3 Å². The lowest BCUT2D eigenvalue weighted by atomic mass is 9.93. The van der Waals surface area contributed by atoms with Crippen molar-refractivity contribution in [1.29, 1.82) is 5.26 Å². The molecule has 6 nitrogen and oxygen atoms in total. The third kappa shape index (κ3) is 3.68. The number of aromatic nitrogens is 1. The minimum Gasteiger partial charge on any atom is -0.376 e. The highest BCUT2D eigenvalue weighted by atomic mass is 35.5. The number of piperazine rings is 1. The molecular formula is C22H23ClN4O2. The van der Waals surface area contributed by atoms with Gasteiger partial charge in [0, 0.05) is 36.8 Å². The van der Waals surface area contributed by atoms with Gasteiger partial charge in [0.2, 0.25) is 5.91 Å². The molecule has 0 saturated carbocycles. The Morgan fingerprint density at radius 2 is 2.10 bits per heavy atom. The quantitative estimate of drug-likeness (QED) is 0.727. The third-order valence-electron chi connectivity index (χ3n) is 5.66. The summed E-state index contributed by atoms with van der Waals surface area (Å²) in [6.07, 6.45) is 0.702. The maximum atomic E-state index is 12.1. The number of hydrogen-bond donors (Lipinski definition) is 0. The molecule has 2 aliphatic heterocycles. The second-order valence-corrected chi connectivity index (χ2v) is 7.68. The lowest BCUT2D eigenvalue weighted by Gasteiger charge is -2.41. The van der Waals surface area contributed by atoms with Crippen LogP contribution in [0, 0.1) is 11.3 Å². The van der Waals surface area contributed by atoms with Crippen LogP contribution in [-0.2, 0) is 22.6 Å². The van der Waals surface area contributed by atoms with E-state index in [1.165, 1.54) is 0 Å². The molecule has 0 N–H and O–H groups in total. The fourth-order valence-corrected chi connectivity index (χ4v) is 4.37. The molecular weight excluding hydrogens is 388 g/mol. The third-order valence-corrected chi connectivity index (χ3v) is 5.89. The number of anilines is 1. The first-order chi connectivity index (χ1) is 14.1. The molecule has 0 spiro atoms. The Morgan fingerprint density at radius 3 is 2.79 bits per heavy atom. The summed E-state index contributed by atoms with van der Waals surface area (Å²) in [6.45, 7) is 4.89. The number of alkyl halides is 1. The van der Waals surface area contributed by atoms with E-state index in [0.29, 0.717) is 50.7 Å². The molecule has 0 bridgehead atoms. The van der Waals surface area contributed by atoms with E-state index in [1.54, 1.807) is 4.90 Å². The molecule has 0 radical (unpaired) electrons. The van der Waals surface area contributed by atoms with Gasteiger partial charge in [-0.05, 0) is 18.9 Å². The Hall–Kier alpha value is -2.62. The van der Waals surface area contributed by atoms with Gasteiger partial charge in [0.15, 0.2) is 0 Å². The van der Waals surface area contributed by atoms with Crippen molar-refractivity contribution >= 4 is 23.3 Å². The topological polar surface area (TPSA) is 69.5 Å². The van der Waals surface area contributed by atoms with E-state index in [9.17, 15) is 10.1 Å². The van der Waals surface area contributed by atoms with Crippen molar-refractivity contribution in [3.63, 3.8) is 0 Å². The summed E-state index contributed by atoms with van der Waals surface area (Å²) < 4.78 is 5.69. The van der Waals surface area contributed by atoms with E-state index in [-0.39, 0.29) is 17.8 Å². The van der Waals surface area contributed by atoms with Gasteiger partial charge in [-0.15, -0.1) is 11.6 Å². The van der Waals surface area contributed by atoms with Gasteiger partial charge >= 0.3 is 0 Å². The number of hydrogen-bond acceptors (Lipinski definition) is 5. The van der Waals surface area contributed by atoms with E-state index >= 15 is 0 Å². The molecule has 7 heteroatoms. The Balaban J connectivity index is 1.78. The van der Waals surface area contributed by atoms with Crippen molar-refractivity contribution in [2.45, 2.75) is 26.0 Å². The van der Waals surface area contributed by atoms with E-state index in [2.05, 4.69) is 11.0 Å². The number of rotatable bonds is 3. The fraction of sp³-hybridized carbons (Fsp3) is 0.409. The van der Waals surface area contributed by atoms with Crippen molar-refractivity contribution in [2.24, 2.45) is 0 Å². The summed E-state index contributed by atoms with van der Waals surface area (Å²) in [5, 5.41) is 9.97. The van der Waals surface area contributed by atoms with Crippen LogP contribution < -0.4 is 4.90 Å². The molecule has 1 amide bonds. The molecule has 0 aliphatic carbocycles. The highest BCUT2D eigenvalue weighted by Gasteiger charge is 2.31. The Labute approximate surface area is 175 Å². The van der Waals surface area contributed by atoms with Gasteiger partial charge in [0.25, 0.3) is 0 Å². The number of ether oxygens (including phenoxy) is 1. The van der Waals surface area contributed by atoms with Crippen molar-refractivity contribution in [3.05, 3.63) is 47.0 Å². The van der Waals surface area contributed by atoms with Crippen LogP contribution in [0.3, 0.4) is 0 Å². The number of nitrogens with zero attached hydrogens (tertiary/aromatic N) is 4. The van der Waals surface area contributed by atoms with Gasteiger partial charge in [0.05, 0.1) is 24.5 Å². The van der Waals surface area contributed by atoms with Crippen molar-refractivity contribution in [1.82, 2.24) is 9.88 Å². The smallest absolute Gasteiger partial charge is 0.237 e. The van der Waals surface area contributed by atoms with E-state index < -0.39 is 0 Å². The fourth-order valence-electron chi connectivity index (χ4n) is 4.22. The van der Waals surface area contributed by atoms with Crippen LogP contribution >= 0.6 is 11.6 Å². The highest BCUT2D eigenvalue weighted by Crippen LogP contribution is 2.35. The zero-order valence-corrected chi connectivity index (χ0v) is 17.2. The van der Waals surface area contributed by atoms with E-state index in [0.717, 1.165) is 22.4 Å². The van der Waals surface area contributed by atoms with E-state index in [4.69, 9.17) is 21.3 Å². The summed E-state index contributed by atoms with van der Waals surface area (Å²) in [5.74, 6) is 0.639. The van der Waals surface area contributed by atoms with Gasteiger partial charge in [-0.1, -0.05) is 30.3 Å². The predicted octanol–water partition coefficient (Wildman–Crippen LogP) is 2.97. The summed E-state index contributed by atoms with van der Waals surface area (Å²) in [6, 6.07) is 12.4. The molecule has 150 valence electrons. The first-order valence-corrected chi connectivity index (χ1v) is 10.4. The van der Waals surface area contributed by atoms with Crippen molar-refractivity contribution in [2.75, 3.05) is 37.0 Å². The van der Waals surface area contributed by atoms with Gasteiger partial charge < -0.3 is 14.5 Å². The standard InChI is InChI=1S/C22H23ClN4O2/c1-15-13-26(8-9-27(15)20(28)11-23)22-18(12-24)17-7-10-29-14-19(17)21(25-22)16-5-3-2-4-6-16/h2-6,15H,7-11,13-14H2,1H3. The Bertz CT molecular complexity index is 958. The molecule has 1 atom stereocenters. The van der Waals surface area contributed by atoms with Gasteiger partial charge in [-0.25, -0.2) is 4.98 Å². The minimum atomic E-state index is -0.0557. The lowest BCUT2D eigenvalue weighted by molar-refractivity contribution is -0.130. The van der Waals surface area contributed by atoms with Crippen molar-refractivity contribution < 1.29 is 9.53 Å². The summed E-state index contributed by atoms with van der Waals surface area (Å²) in [4.78, 5) is 21.0. The number of benzene rings is 1. The van der Waals surface area contributed by atoms with Crippen LogP contribution in [0.2, 0.25) is 0 Å². The van der Waals surface area contributed by atoms with Gasteiger partial charge in [0.1, 0.15) is 17.8 Å². The predicted molar refractivity (Wildman–Crippen MR) is 112 cm³/mol. The number of pyridine rings is 1. The summed E-state index contributed by atoms with van der Waals surface area (Å²) >= 11 is 5.75. The van der Waals surface area contributed by atoms with Crippen LogP contribution in [0.5, 0.6) is 0 Å². The number of carbonyl (C=O) groups is 1. The van der Waals surface area contributed by atoms with Crippen LogP contribution in [0.4, 0.5) is 5.82 Å². The van der Waals surface area contributed by atoms with Gasteiger partial charge in [-0.2, -0.15) is 5.26 Å². The monoisotopic (exact) mass is 410 g/mol. The number of halogens is 1. The van der Waals surface area contributed by atoms with Crippen LogP contribution in [0.1, 0.15) is 23.6 Å². The summed E-state index contributed by atoms with van der Waals surface area (Å²) in [5.41, 5.74) is 4.57. The number of carbonyl (C=O) groups excluding carboxylic acids is 1. The molecule has 4 rings (SSSR count). The Kier molecular flexibility index (Phi) is 5.70. The maximum absolute atomic E-state index is 12.1. The normalized spacial score (nSPS) is 18.9. The van der Waals surface area contributed by atoms with Crippen molar-refractivity contribution in [3.8, 4) is 17.3 Å². The second kappa shape index (κ2) is 8.40. The maximum Gasteiger partial charge on any atom is 0.237 e. The molecule has 29 heavy (non-hydrogen) atoms. The van der Waals surface area contributed by atoms with E-state index in [1.807, 2.05) is 37.3 Å².